The minimum Gasteiger partial charge on any atom is -0.352 e. The standard InChI is InChI=1S/C11H16N2OS/c14-11(10-3-5-15-8-10)13-7-9-2-1-4-12-6-9/h3,5,8-9,12H,1-2,4,6-7H2,(H,13,14). The molecule has 1 aliphatic heterocycles. The van der Waals surface area contributed by atoms with E-state index in [4.69, 9.17) is 0 Å². The fourth-order valence-electron chi connectivity index (χ4n) is 1.83. The number of rotatable bonds is 3. The molecule has 0 saturated carbocycles. The average molecular weight is 224 g/mol. The van der Waals surface area contributed by atoms with Crippen LogP contribution in [0.5, 0.6) is 0 Å². The lowest BCUT2D eigenvalue weighted by Gasteiger charge is -2.22. The molecule has 1 atom stereocenters. The van der Waals surface area contributed by atoms with Gasteiger partial charge in [0.15, 0.2) is 0 Å². The zero-order valence-corrected chi connectivity index (χ0v) is 9.48. The molecule has 0 aromatic carbocycles. The molecule has 1 amide bonds. The summed E-state index contributed by atoms with van der Waals surface area (Å²) in [4.78, 5) is 11.6. The van der Waals surface area contributed by atoms with Crippen LogP contribution in [0.3, 0.4) is 0 Å². The molecule has 15 heavy (non-hydrogen) atoms. The van der Waals surface area contributed by atoms with Gasteiger partial charge in [0.05, 0.1) is 0 Å². The Balaban J connectivity index is 1.75. The summed E-state index contributed by atoms with van der Waals surface area (Å²) in [5.41, 5.74) is 0.781. The summed E-state index contributed by atoms with van der Waals surface area (Å²) in [6.45, 7) is 2.95. The van der Waals surface area contributed by atoms with Gasteiger partial charge in [0.1, 0.15) is 0 Å². The third kappa shape index (κ3) is 3.04. The van der Waals surface area contributed by atoms with Gasteiger partial charge < -0.3 is 10.6 Å². The summed E-state index contributed by atoms with van der Waals surface area (Å²) < 4.78 is 0. The number of thiophene rings is 1. The fraction of sp³-hybridized carbons (Fsp3) is 0.545. The molecule has 0 aliphatic carbocycles. The van der Waals surface area contributed by atoms with Crippen LogP contribution in [0, 0.1) is 5.92 Å². The molecule has 1 saturated heterocycles. The van der Waals surface area contributed by atoms with Crippen molar-refractivity contribution < 1.29 is 4.79 Å². The second-order valence-corrected chi connectivity index (χ2v) is 4.71. The van der Waals surface area contributed by atoms with Crippen molar-refractivity contribution in [2.24, 2.45) is 5.92 Å². The minimum absolute atomic E-state index is 0.0572. The van der Waals surface area contributed by atoms with Crippen LogP contribution in [0.4, 0.5) is 0 Å². The van der Waals surface area contributed by atoms with Gasteiger partial charge in [0.2, 0.25) is 0 Å². The lowest BCUT2D eigenvalue weighted by atomic mass is 10.00. The van der Waals surface area contributed by atoms with Crippen molar-refractivity contribution in [1.82, 2.24) is 10.6 Å². The smallest absolute Gasteiger partial charge is 0.252 e. The third-order valence-corrected chi connectivity index (χ3v) is 3.42. The van der Waals surface area contributed by atoms with Crippen molar-refractivity contribution in [2.45, 2.75) is 12.8 Å². The molecule has 1 fully saturated rings. The van der Waals surface area contributed by atoms with Crippen molar-refractivity contribution in [3.8, 4) is 0 Å². The maximum atomic E-state index is 11.6. The number of hydrogen-bond donors (Lipinski definition) is 2. The van der Waals surface area contributed by atoms with Crippen LogP contribution in [0.1, 0.15) is 23.2 Å². The molecule has 2 heterocycles. The first-order valence-corrected chi connectivity index (χ1v) is 6.31. The zero-order valence-electron chi connectivity index (χ0n) is 8.66. The molecule has 0 radical (unpaired) electrons. The summed E-state index contributed by atoms with van der Waals surface area (Å²) in [6.07, 6.45) is 2.44. The van der Waals surface area contributed by atoms with Gasteiger partial charge >= 0.3 is 0 Å². The first-order valence-electron chi connectivity index (χ1n) is 5.37. The molecule has 2 rings (SSSR count). The summed E-state index contributed by atoms with van der Waals surface area (Å²) in [5.74, 6) is 0.656. The van der Waals surface area contributed by atoms with Gasteiger partial charge in [-0.05, 0) is 43.3 Å². The zero-order chi connectivity index (χ0) is 10.5. The number of carbonyl (C=O) groups excluding carboxylic acids is 1. The van der Waals surface area contributed by atoms with Gasteiger partial charge in [0.25, 0.3) is 5.91 Å². The topological polar surface area (TPSA) is 41.1 Å². The molecule has 2 N–H and O–H groups in total. The normalized spacial score (nSPS) is 21.2. The molecule has 4 heteroatoms. The molecule has 1 aromatic rings. The average Bonchev–Trinajstić information content (AvgIpc) is 2.81. The Morgan fingerprint density at radius 1 is 1.67 bits per heavy atom. The lowest BCUT2D eigenvalue weighted by Crippen LogP contribution is -2.37. The Bertz CT molecular complexity index is 304. The third-order valence-electron chi connectivity index (χ3n) is 2.73. The predicted octanol–water partition coefficient (Wildman–Crippen LogP) is 1.48. The lowest BCUT2D eigenvalue weighted by molar-refractivity contribution is 0.0945. The van der Waals surface area contributed by atoms with E-state index in [9.17, 15) is 4.79 Å². The van der Waals surface area contributed by atoms with Crippen molar-refractivity contribution in [2.75, 3.05) is 19.6 Å². The highest BCUT2D eigenvalue weighted by Crippen LogP contribution is 2.09. The highest BCUT2D eigenvalue weighted by atomic mass is 32.1. The van der Waals surface area contributed by atoms with Crippen molar-refractivity contribution >= 4 is 17.2 Å². The number of hydrogen-bond acceptors (Lipinski definition) is 3. The molecule has 1 unspecified atom stereocenters. The highest BCUT2D eigenvalue weighted by molar-refractivity contribution is 7.08. The Morgan fingerprint density at radius 3 is 3.27 bits per heavy atom. The maximum Gasteiger partial charge on any atom is 0.252 e. The van der Waals surface area contributed by atoms with E-state index in [0.29, 0.717) is 5.92 Å². The van der Waals surface area contributed by atoms with Crippen molar-refractivity contribution in [3.05, 3.63) is 22.4 Å². The fourth-order valence-corrected chi connectivity index (χ4v) is 2.47. The van der Waals surface area contributed by atoms with E-state index in [1.807, 2.05) is 16.8 Å². The molecule has 1 aromatic heterocycles. The van der Waals surface area contributed by atoms with E-state index in [1.54, 1.807) is 11.3 Å². The highest BCUT2D eigenvalue weighted by Gasteiger charge is 2.14. The van der Waals surface area contributed by atoms with Gasteiger partial charge in [-0.15, -0.1) is 0 Å². The van der Waals surface area contributed by atoms with Crippen molar-refractivity contribution in [1.29, 1.82) is 0 Å². The first kappa shape index (κ1) is 10.6. The van der Waals surface area contributed by atoms with E-state index >= 15 is 0 Å². The number of nitrogens with one attached hydrogen (secondary N) is 2. The number of amides is 1. The van der Waals surface area contributed by atoms with E-state index in [0.717, 1.165) is 25.2 Å². The largest absolute Gasteiger partial charge is 0.352 e. The summed E-state index contributed by atoms with van der Waals surface area (Å²) in [6, 6.07) is 1.86. The van der Waals surface area contributed by atoms with Crippen LogP contribution in [-0.4, -0.2) is 25.5 Å². The maximum absolute atomic E-state index is 11.6. The van der Waals surface area contributed by atoms with Crippen LogP contribution >= 0.6 is 11.3 Å². The SMILES string of the molecule is O=C(NCC1CCCNC1)c1ccsc1. The van der Waals surface area contributed by atoms with Crippen LogP contribution in [0.2, 0.25) is 0 Å². The number of carbonyl (C=O) groups is 1. The van der Waals surface area contributed by atoms with E-state index < -0.39 is 0 Å². The molecule has 3 nitrogen and oxygen atoms in total. The molecule has 82 valence electrons. The molecular formula is C11H16N2OS. The minimum atomic E-state index is 0.0572. The van der Waals surface area contributed by atoms with E-state index in [-0.39, 0.29) is 5.91 Å². The second kappa shape index (κ2) is 5.28. The second-order valence-electron chi connectivity index (χ2n) is 3.93. The van der Waals surface area contributed by atoms with Gasteiger partial charge in [-0.25, -0.2) is 0 Å². The van der Waals surface area contributed by atoms with Gasteiger partial charge in [-0.1, -0.05) is 0 Å². The van der Waals surface area contributed by atoms with Crippen LogP contribution in [-0.2, 0) is 0 Å². The predicted molar refractivity (Wildman–Crippen MR) is 62.2 cm³/mol. The van der Waals surface area contributed by atoms with Gasteiger partial charge in [-0.3, -0.25) is 4.79 Å². The summed E-state index contributed by atoms with van der Waals surface area (Å²) >= 11 is 1.56. The molecule has 0 bridgehead atoms. The Labute approximate surface area is 93.9 Å². The summed E-state index contributed by atoms with van der Waals surface area (Å²) in [5, 5.41) is 10.1. The summed E-state index contributed by atoms with van der Waals surface area (Å²) in [7, 11) is 0. The van der Waals surface area contributed by atoms with E-state index in [2.05, 4.69) is 10.6 Å². The Hall–Kier alpha value is -0.870. The number of piperidine rings is 1. The monoisotopic (exact) mass is 224 g/mol. The first-order chi connectivity index (χ1) is 7.36. The van der Waals surface area contributed by atoms with Gasteiger partial charge in [-0.2, -0.15) is 11.3 Å². The Kier molecular flexibility index (Phi) is 3.75. The molecular weight excluding hydrogens is 208 g/mol. The van der Waals surface area contributed by atoms with Crippen LogP contribution in [0.15, 0.2) is 16.8 Å². The van der Waals surface area contributed by atoms with E-state index in [1.165, 1.54) is 12.8 Å². The molecule has 0 spiro atoms. The van der Waals surface area contributed by atoms with Crippen LogP contribution < -0.4 is 10.6 Å². The Morgan fingerprint density at radius 2 is 2.60 bits per heavy atom. The van der Waals surface area contributed by atoms with Gasteiger partial charge in [0, 0.05) is 17.5 Å². The quantitative estimate of drug-likeness (QED) is 0.816. The van der Waals surface area contributed by atoms with Crippen molar-refractivity contribution in [3.63, 3.8) is 0 Å². The van der Waals surface area contributed by atoms with Crippen LogP contribution in [0.25, 0.3) is 0 Å². The molecule has 1 aliphatic rings.